The molecule has 33 heavy (non-hydrogen) atoms. The number of urea groups is 1. The number of aromatic nitrogens is 2. The van der Waals surface area contributed by atoms with Gasteiger partial charge in [0.05, 0.1) is 19.0 Å². The number of carbonyl (C=O) groups excluding carboxylic acids is 1. The van der Waals surface area contributed by atoms with E-state index in [1.165, 1.54) is 25.3 Å². The highest BCUT2D eigenvalue weighted by atomic mass is 35.5. The summed E-state index contributed by atoms with van der Waals surface area (Å²) in [6.07, 6.45) is 6.32. The molecule has 1 aromatic carbocycles. The molecule has 8 nitrogen and oxygen atoms in total. The fourth-order valence-electron chi connectivity index (χ4n) is 3.57. The smallest absolute Gasteiger partial charge is 0.319 e. The van der Waals surface area contributed by atoms with Gasteiger partial charge >= 0.3 is 6.03 Å². The summed E-state index contributed by atoms with van der Waals surface area (Å²) < 4.78 is 24.5. The van der Waals surface area contributed by atoms with Crippen LogP contribution in [-0.2, 0) is 0 Å². The number of nitrogens with zero attached hydrogens (tertiary/aromatic N) is 3. The van der Waals surface area contributed by atoms with Gasteiger partial charge in [0.1, 0.15) is 10.8 Å². The third-order valence-corrected chi connectivity index (χ3v) is 5.59. The van der Waals surface area contributed by atoms with Crippen LogP contribution in [0.25, 0.3) is 0 Å². The molecule has 1 fully saturated rings. The minimum atomic E-state index is -0.475. The number of pyridine rings is 2. The van der Waals surface area contributed by atoms with E-state index in [0.717, 1.165) is 12.8 Å². The molecule has 10 heteroatoms. The topological polar surface area (TPSA) is 88.6 Å². The first-order valence-corrected chi connectivity index (χ1v) is 10.8. The van der Waals surface area contributed by atoms with Crippen LogP contribution >= 0.6 is 11.6 Å². The van der Waals surface area contributed by atoms with Gasteiger partial charge < -0.3 is 25.0 Å². The highest BCUT2D eigenvalue weighted by Crippen LogP contribution is 2.37. The number of nitrogens with one attached hydrogen (secondary N) is 2. The van der Waals surface area contributed by atoms with Crippen molar-refractivity contribution in [1.29, 1.82) is 0 Å². The number of methoxy groups -OCH3 is 1. The first-order chi connectivity index (χ1) is 16.0. The Labute approximate surface area is 195 Å². The molecule has 2 amide bonds. The Hall–Kier alpha value is -3.59. The molecule has 4 rings (SSSR count). The van der Waals surface area contributed by atoms with Crippen molar-refractivity contribution in [3.8, 4) is 17.2 Å². The molecule has 0 spiro atoms. The quantitative estimate of drug-likeness (QED) is 0.533. The van der Waals surface area contributed by atoms with Crippen LogP contribution in [-0.4, -0.2) is 42.2 Å². The second-order valence-electron chi connectivity index (χ2n) is 7.45. The van der Waals surface area contributed by atoms with Crippen LogP contribution in [0.5, 0.6) is 17.2 Å². The molecule has 3 heterocycles. The first kappa shape index (κ1) is 22.6. The molecule has 172 valence electrons. The lowest BCUT2D eigenvalue weighted by molar-refractivity contribution is 0.246. The zero-order valence-electron chi connectivity index (χ0n) is 17.9. The maximum atomic E-state index is 13.7. The van der Waals surface area contributed by atoms with Gasteiger partial charge in [0.2, 0.25) is 0 Å². The van der Waals surface area contributed by atoms with Crippen LogP contribution < -0.4 is 25.0 Å². The first-order valence-electron chi connectivity index (χ1n) is 10.4. The average Bonchev–Trinajstić information content (AvgIpc) is 2.83. The van der Waals surface area contributed by atoms with Gasteiger partial charge in [-0.05, 0) is 37.1 Å². The second kappa shape index (κ2) is 10.4. The predicted octanol–water partition coefficient (Wildman–Crippen LogP) is 4.86. The molecule has 2 N–H and O–H groups in total. The maximum absolute atomic E-state index is 13.7. The van der Waals surface area contributed by atoms with E-state index in [0.29, 0.717) is 41.1 Å². The van der Waals surface area contributed by atoms with Crippen molar-refractivity contribution in [2.75, 3.05) is 30.4 Å². The van der Waals surface area contributed by atoms with Crippen molar-refractivity contribution in [1.82, 2.24) is 15.3 Å². The van der Waals surface area contributed by atoms with Gasteiger partial charge in [0.25, 0.3) is 0 Å². The molecule has 0 radical (unpaired) electrons. The highest BCUT2D eigenvalue weighted by Gasteiger charge is 2.24. The summed E-state index contributed by atoms with van der Waals surface area (Å²) in [6.45, 7) is 1.33. The number of amides is 2. The lowest BCUT2D eigenvalue weighted by atomic mass is 10.1. The SMILES string of the molecule is COc1cc(Oc2ccnc(N3CCC(NC(=O)Nc4cccnc4)CC3)c2Cl)ccc1F. The van der Waals surface area contributed by atoms with Crippen LogP contribution in [0.15, 0.2) is 55.0 Å². The van der Waals surface area contributed by atoms with Gasteiger partial charge in [0, 0.05) is 43.7 Å². The summed E-state index contributed by atoms with van der Waals surface area (Å²) in [4.78, 5) is 22.7. The molecular weight excluding hydrogens is 449 g/mol. The molecule has 1 aliphatic rings. The minimum absolute atomic E-state index is 0.0304. The molecule has 3 aromatic rings. The van der Waals surface area contributed by atoms with Crippen LogP contribution in [0, 0.1) is 5.82 Å². The standard InChI is InChI=1S/C23H23ClFN5O3/c1-32-20-13-17(4-5-18(20)25)33-19-6-10-27-22(21(19)24)30-11-7-15(8-12-30)28-23(31)29-16-3-2-9-26-14-16/h2-6,9-10,13-15H,7-8,11-12H2,1H3,(H2,28,29,31). The third-order valence-electron chi connectivity index (χ3n) is 5.23. The van der Waals surface area contributed by atoms with Crippen molar-refractivity contribution in [3.63, 3.8) is 0 Å². The summed E-state index contributed by atoms with van der Waals surface area (Å²) in [6, 6.07) is 9.19. The number of carbonyl (C=O) groups is 1. The monoisotopic (exact) mass is 471 g/mol. The number of hydrogen-bond acceptors (Lipinski definition) is 6. The number of benzene rings is 1. The Morgan fingerprint density at radius 1 is 1.18 bits per heavy atom. The lowest BCUT2D eigenvalue weighted by Crippen LogP contribution is -2.46. The van der Waals surface area contributed by atoms with Crippen molar-refractivity contribution < 1.29 is 18.7 Å². The van der Waals surface area contributed by atoms with Crippen LogP contribution in [0.2, 0.25) is 5.02 Å². The normalized spacial score (nSPS) is 14.0. The fraction of sp³-hybridized carbons (Fsp3) is 0.261. The van der Waals surface area contributed by atoms with E-state index in [-0.39, 0.29) is 17.8 Å². The Morgan fingerprint density at radius 3 is 2.73 bits per heavy atom. The predicted molar refractivity (Wildman–Crippen MR) is 124 cm³/mol. The largest absolute Gasteiger partial charge is 0.494 e. The van der Waals surface area contributed by atoms with Gasteiger partial charge in [-0.25, -0.2) is 14.2 Å². The van der Waals surface area contributed by atoms with Gasteiger partial charge in [0.15, 0.2) is 23.1 Å². The van der Waals surface area contributed by atoms with E-state index < -0.39 is 5.82 Å². The summed E-state index contributed by atoms with van der Waals surface area (Å²) in [7, 11) is 1.39. The van der Waals surface area contributed by atoms with E-state index in [4.69, 9.17) is 21.1 Å². The van der Waals surface area contributed by atoms with E-state index in [1.54, 1.807) is 36.8 Å². The van der Waals surface area contributed by atoms with Crippen molar-refractivity contribution in [2.45, 2.75) is 18.9 Å². The number of ether oxygens (including phenoxy) is 2. The third kappa shape index (κ3) is 5.61. The number of rotatable bonds is 6. The Morgan fingerprint density at radius 2 is 2.00 bits per heavy atom. The van der Waals surface area contributed by atoms with Crippen molar-refractivity contribution in [3.05, 3.63) is 65.8 Å². The van der Waals surface area contributed by atoms with Crippen molar-refractivity contribution in [2.24, 2.45) is 0 Å². The minimum Gasteiger partial charge on any atom is -0.494 e. The summed E-state index contributed by atoms with van der Waals surface area (Å²) >= 11 is 6.59. The molecule has 0 atom stereocenters. The van der Waals surface area contributed by atoms with Crippen LogP contribution in [0.3, 0.4) is 0 Å². The zero-order valence-corrected chi connectivity index (χ0v) is 18.7. The number of piperidine rings is 1. The number of anilines is 2. The van der Waals surface area contributed by atoms with Gasteiger partial charge in [-0.2, -0.15) is 0 Å². The zero-order chi connectivity index (χ0) is 23.2. The van der Waals surface area contributed by atoms with Gasteiger partial charge in [-0.1, -0.05) is 11.6 Å². The van der Waals surface area contributed by atoms with Gasteiger partial charge in [-0.3, -0.25) is 4.98 Å². The van der Waals surface area contributed by atoms with E-state index in [9.17, 15) is 9.18 Å². The van der Waals surface area contributed by atoms with E-state index >= 15 is 0 Å². The molecule has 1 aliphatic heterocycles. The molecule has 1 saturated heterocycles. The molecule has 0 bridgehead atoms. The van der Waals surface area contributed by atoms with Gasteiger partial charge in [-0.15, -0.1) is 0 Å². The lowest BCUT2D eigenvalue weighted by Gasteiger charge is -2.33. The summed E-state index contributed by atoms with van der Waals surface area (Å²) in [5.74, 6) is 1.01. The van der Waals surface area contributed by atoms with Crippen LogP contribution in [0.1, 0.15) is 12.8 Å². The van der Waals surface area contributed by atoms with Crippen molar-refractivity contribution >= 4 is 29.1 Å². The fourth-order valence-corrected chi connectivity index (χ4v) is 3.84. The molecule has 0 aliphatic carbocycles. The second-order valence-corrected chi connectivity index (χ2v) is 7.82. The molecule has 0 saturated carbocycles. The van der Waals surface area contributed by atoms with E-state index in [2.05, 4.69) is 25.5 Å². The summed E-state index contributed by atoms with van der Waals surface area (Å²) in [5.41, 5.74) is 0.638. The number of hydrogen-bond donors (Lipinski definition) is 2. The summed E-state index contributed by atoms with van der Waals surface area (Å²) in [5, 5.41) is 6.13. The maximum Gasteiger partial charge on any atom is 0.319 e. The average molecular weight is 472 g/mol. The molecule has 2 aromatic heterocycles. The van der Waals surface area contributed by atoms with Crippen LogP contribution in [0.4, 0.5) is 20.7 Å². The molecule has 0 unspecified atom stereocenters. The highest BCUT2D eigenvalue weighted by molar-refractivity contribution is 6.34. The van der Waals surface area contributed by atoms with E-state index in [1.807, 2.05) is 0 Å². The Balaban J connectivity index is 1.36. The number of halogens is 2. The Bertz CT molecular complexity index is 1110. The molecular formula is C23H23ClFN5O3. The Kier molecular flexibility index (Phi) is 7.09.